The molecule has 1 spiro atoms. The lowest BCUT2D eigenvalue weighted by Crippen LogP contribution is -2.59. The Morgan fingerprint density at radius 1 is 1.13 bits per heavy atom. The molecule has 0 heteroatoms. The van der Waals surface area contributed by atoms with Crippen molar-refractivity contribution in [1.29, 1.82) is 0 Å². The largest absolute Gasteiger partial charge is 0.0729 e. The third kappa shape index (κ3) is 1.03. The summed E-state index contributed by atoms with van der Waals surface area (Å²) >= 11 is 0. The molecule has 15 heavy (non-hydrogen) atoms. The van der Waals surface area contributed by atoms with E-state index in [0.717, 1.165) is 0 Å². The van der Waals surface area contributed by atoms with Gasteiger partial charge < -0.3 is 0 Å². The van der Waals surface area contributed by atoms with Crippen LogP contribution >= 0.6 is 0 Å². The molecule has 0 heterocycles. The van der Waals surface area contributed by atoms with Crippen molar-refractivity contribution in [2.45, 2.75) is 54.4 Å². The van der Waals surface area contributed by atoms with Crippen LogP contribution in [0, 0.1) is 16.2 Å². The van der Waals surface area contributed by atoms with Crippen molar-refractivity contribution in [3.8, 4) is 0 Å². The van der Waals surface area contributed by atoms with Crippen LogP contribution in [0.5, 0.6) is 0 Å². The molecule has 0 aromatic carbocycles. The van der Waals surface area contributed by atoms with E-state index in [-0.39, 0.29) is 0 Å². The molecule has 1 saturated carbocycles. The maximum Gasteiger partial charge on any atom is 0.0199 e. The molecule has 0 unspecified atom stereocenters. The predicted molar refractivity (Wildman–Crippen MR) is 66.7 cm³/mol. The lowest BCUT2D eigenvalue weighted by Gasteiger charge is -2.66. The van der Waals surface area contributed by atoms with Crippen molar-refractivity contribution in [2.75, 3.05) is 0 Å². The van der Waals surface area contributed by atoms with E-state index < -0.39 is 0 Å². The highest BCUT2D eigenvalue weighted by Gasteiger charge is 2.65. The van der Waals surface area contributed by atoms with Gasteiger partial charge in [-0.2, -0.15) is 0 Å². The first-order valence-corrected chi connectivity index (χ1v) is 6.18. The molecule has 0 saturated heterocycles. The monoisotopic (exact) mass is 204 g/mol. The minimum atomic E-state index is 0.339. The number of hydrogen-bond donors (Lipinski definition) is 0. The minimum Gasteiger partial charge on any atom is -0.0729 e. The van der Waals surface area contributed by atoms with Gasteiger partial charge in [0.15, 0.2) is 0 Å². The predicted octanol–water partition coefficient (Wildman–Crippen LogP) is 4.73. The molecule has 84 valence electrons. The zero-order valence-corrected chi connectivity index (χ0v) is 11.1. The number of hydrogen-bond acceptors (Lipinski definition) is 0. The van der Waals surface area contributed by atoms with Crippen LogP contribution in [0.2, 0.25) is 0 Å². The maximum atomic E-state index is 2.49. The lowest BCUT2D eigenvalue weighted by atomic mass is 9.37. The standard InChI is InChI=1S/C15H24/c1-7-12-8-9-15(11(12)2)13(3,4)10-14(15,5)6/h8-9H,7,10H2,1-6H3. The molecule has 0 bridgehead atoms. The Kier molecular flexibility index (Phi) is 2.04. The van der Waals surface area contributed by atoms with Crippen molar-refractivity contribution in [3.63, 3.8) is 0 Å². The van der Waals surface area contributed by atoms with E-state index in [1.165, 1.54) is 12.8 Å². The Hall–Kier alpha value is -0.520. The van der Waals surface area contributed by atoms with Crippen LogP contribution in [0.3, 0.4) is 0 Å². The van der Waals surface area contributed by atoms with E-state index in [4.69, 9.17) is 0 Å². The normalized spacial score (nSPS) is 29.7. The van der Waals surface area contributed by atoms with Gasteiger partial charge in [0.25, 0.3) is 0 Å². The summed E-state index contributed by atoms with van der Waals surface area (Å²) in [5, 5.41) is 0. The fraction of sp³-hybridized carbons (Fsp3) is 0.733. The summed E-state index contributed by atoms with van der Waals surface area (Å²) in [6.45, 7) is 14.3. The highest BCUT2D eigenvalue weighted by molar-refractivity contribution is 5.47. The van der Waals surface area contributed by atoms with Crippen LogP contribution < -0.4 is 0 Å². The topological polar surface area (TPSA) is 0 Å². The molecule has 0 radical (unpaired) electrons. The summed E-state index contributed by atoms with van der Waals surface area (Å²) in [5.41, 5.74) is 4.41. The van der Waals surface area contributed by atoms with E-state index in [2.05, 4.69) is 53.7 Å². The van der Waals surface area contributed by atoms with Crippen LogP contribution in [-0.2, 0) is 0 Å². The summed E-state index contributed by atoms with van der Waals surface area (Å²) in [5.74, 6) is 0. The van der Waals surface area contributed by atoms with Gasteiger partial charge in [-0.1, -0.05) is 52.3 Å². The fourth-order valence-corrected chi connectivity index (χ4v) is 4.77. The molecule has 1 fully saturated rings. The Morgan fingerprint density at radius 3 is 1.93 bits per heavy atom. The van der Waals surface area contributed by atoms with E-state index in [1.54, 1.807) is 11.1 Å². The molecule has 0 nitrogen and oxygen atoms in total. The first kappa shape index (κ1) is 11.0. The molecule has 0 atom stereocenters. The Morgan fingerprint density at radius 2 is 1.67 bits per heavy atom. The van der Waals surface area contributed by atoms with Gasteiger partial charge in [-0.15, -0.1) is 0 Å². The first-order chi connectivity index (χ1) is 6.78. The average molecular weight is 204 g/mol. The summed E-state index contributed by atoms with van der Waals surface area (Å²) in [4.78, 5) is 0. The van der Waals surface area contributed by atoms with Gasteiger partial charge in [0.2, 0.25) is 0 Å². The van der Waals surface area contributed by atoms with Crippen LogP contribution in [0.15, 0.2) is 23.3 Å². The molecule has 0 aromatic heterocycles. The zero-order valence-electron chi connectivity index (χ0n) is 11.1. The van der Waals surface area contributed by atoms with E-state index in [1.807, 2.05) is 0 Å². The SMILES string of the molecule is CCC1=C(C)C2(C=C1)C(C)(C)CC2(C)C. The molecular formula is C15H24. The molecule has 0 aromatic rings. The molecule has 0 amide bonds. The van der Waals surface area contributed by atoms with Crippen molar-refractivity contribution < 1.29 is 0 Å². The molecule has 0 N–H and O–H groups in total. The van der Waals surface area contributed by atoms with E-state index >= 15 is 0 Å². The molecule has 0 aliphatic heterocycles. The number of rotatable bonds is 1. The minimum absolute atomic E-state index is 0.339. The summed E-state index contributed by atoms with van der Waals surface area (Å²) in [7, 11) is 0. The van der Waals surface area contributed by atoms with Gasteiger partial charge in [0.05, 0.1) is 0 Å². The van der Waals surface area contributed by atoms with Gasteiger partial charge >= 0.3 is 0 Å². The van der Waals surface area contributed by atoms with Crippen molar-refractivity contribution in [3.05, 3.63) is 23.3 Å². The Bertz CT molecular complexity index is 336. The quantitative estimate of drug-likeness (QED) is 0.579. The van der Waals surface area contributed by atoms with E-state index in [9.17, 15) is 0 Å². The summed E-state index contributed by atoms with van der Waals surface area (Å²) in [6.07, 6.45) is 7.37. The Labute approximate surface area is 94.5 Å². The van der Waals surface area contributed by atoms with Gasteiger partial charge in [-0.25, -0.2) is 0 Å². The van der Waals surface area contributed by atoms with Crippen LogP contribution in [0.4, 0.5) is 0 Å². The molecule has 2 rings (SSSR count). The second kappa shape index (κ2) is 2.78. The second-order valence-electron chi connectivity index (χ2n) is 6.59. The Balaban J connectivity index is 2.53. The molecular weight excluding hydrogens is 180 g/mol. The fourth-order valence-electron chi connectivity index (χ4n) is 4.77. The molecule has 2 aliphatic carbocycles. The van der Waals surface area contributed by atoms with Crippen LogP contribution in [-0.4, -0.2) is 0 Å². The van der Waals surface area contributed by atoms with Gasteiger partial charge in [-0.3, -0.25) is 0 Å². The highest BCUT2D eigenvalue weighted by atomic mass is 14.7. The number of allylic oxidation sites excluding steroid dienone is 4. The van der Waals surface area contributed by atoms with Gasteiger partial charge in [0, 0.05) is 5.41 Å². The van der Waals surface area contributed by atoms with Crippen molar-refractivity contribution in [2.24, 2.45) is 16.2 Å². The first-order valence-electron chi connectivity index (χ1n) is 6.18. The second-order valence-corrected chi connectivity index (χ2v) is 6.59. The average Bonchev–Trinajstić information content (AvgIpc) is 2.43. The van der Waals surface area contributed by atoms with Crippen LogP contribution in [0.25, 0.3) is 0 Å². The maximum absolute atomic E-state index is 2.49. The summed E-state index contributed by atoms with van der Waals surface area (Å²) < 4.78 is 0. The van der Waals surface area contributed by atoms with Crippen molar-refractivity contribution in [1.82, 2.24) is 0 Å². The van der Waals surface area contributed by atoms with Crippen LogP contribution in [0.1, 0.15) is 54.4 Å². The third-order valence-corrected chi connectivity index (χ3v) is 5.01. The third-order valence-electron chi connectivity index (χ3n) is 5.01. The van der Waals surface area contributed by atoms with E-state index in [0.29, 0.717) is 16.2 Å². The van der Waals surface area contributed by atoms with Gasteiger partial charge in [0.1, 0.15) is 0 Å². The van der Waals surface area contributed by atoms with Crippen molar-refractivity contribution >= 4 is 0 Å². The zero-order chi connectivity index (χ0) is 11.5. The lowest BCUT2D eigenvalue weighted by molar-refractivity contribution is -0.117. The molecule has 2 aliphatic rings. The summed E-state index contributed by atoms with van der Waals surface area (Å²) in [6, 6.07) is 0. The smallest absolute Gasteiger partial charge is 0.0199 e. The van der Waals surface area contributed by atoms with Gasteiger partial charge in [-0.05, 0) is 36.2 Å². The highest BCUT2D eigenvalue weighted by Crippen LogP contribution is 2.73.